The third-order valence-electron chi connectivity index (χ3n) is 1.72. The van der Waals surface area contributed by atoms with Gasteiger partial charge < -0.3 is 4.74 Å². The van der Waals surface area contributed by atoms with Crippen LogP contribution >= 0.6 is 0 Å². The van der Waals surface area contributed by atoms with Gasteiger partial charge in [-0.3, -0.25) is 0 Å². The van der Waals surface area contributed by atoms with E-state index in [-0.39, 0.29) is 5.97 Å². The Labute approximate surface area is 89.9 Å². The first kappa shape index (κ1) is 11.2. The van der Waals surface area contributed by atoms with Gasteiger partial charge in [0.25, 0.3) is 0 Å². The number of carbonyl (C=O) groups is 1. The van der Waals surface area contributed by atoms with E-state index in [0.717, 1.165) is 5.56 Å². The molecule has 0 saturated heterocycles. The number of ether oxygens (including phenoxy) is 1. The first-order valence-electron chi connectivity index (χ1n) is 4.89. The van der Waals surface area contributed by atoms with Gasteiger partial charge in [0.15, 0.2) is 0 Å². The van der Waals surface area contributed by atoms with Crippen molar-refractivity contribution in [2.45, 2.75) is 6.92 Å². The summed E-state index contributed by atoms with van der Waals surface area (Å²) in [4.78, 5) is 10.9. The van der Waals surface area contributed by atoms with Crippen LogP contribution in [0, 0.1) is 0 Å². The number of allylic oxidation sites excluding steroid dienone is 2. The van der Waals surface area contributed by atoms with E-state index in [1.807, 2.05) is 42.5 Å². The minimum Gasteiger partial charge on any atom is -0.463 e. The monoisotopic (exact) mass is 202 g/mol. The van der Waals surface area contributed by atoms with Crippen LogP contribution in [0.3, 0.4) is 0 Å². The van der Waals surface area contributed by atoms with Crippen LogP contribution in [0.4, 0.5) is 0 Å². The molecule has 0 heterocycles. The topological polar surface area (TPSA) is 26.3 Å². The molecule has 0 bridgehead atoms. The van der Waals surface area contributed by atoms with Gasteiger partial charge in [0.05, 0.1) is 6.61 Å². The molecule has 1 aromatic rings. The molecule has 0 aliphatic heterocycles. The number of rotatable bonds is 4. The maximum absolute atomic E-state index is 10.9. The van der Waals surface area contributed by atoms with Crippen LogP contribution in [0.1, 0.15) is 12.5 Å². The summed E-state index contributed by atoms with van der Waals surface area (Å²) in [5.41, 5.74) is 1.10. The molecule has 0 fully saturated rings. The molecule has 0 radical (unpaired) electrons. The number of esters is 1. The van der Waals surface area contributed by atoms with Crippen molar-refractivity contribution in [3.63, 3.8) is 0 Å². The maximum Gasteiger partial charge on any atom is 0.330 e. The molecule has 0 amide bonds. The van der Waals surface area contributed by atoms with Crippen molar-refractivity contribution >= 4 is 12.0 Å². The van der Waals surface area contributed by atoms with Gasteiger partial charge in [-0.1, -0.05) is 48.6 Å². The number of benzene rings is 1. The molecular weight excluding hydrogens is 188 g/mol. The quantitative estimate of drug-likeness (QED) is 0.426. The molecule has 0 saturated carbocycles. The van der Waals surface area contributed by atoms with Crippen molar-refractivity contribution in [3.05, 3.63) is 54.1 Å². The maximum atomic E-state index is 10.9. The van der Waals surface area contributed by atoms with Crippen LogP contribution < -0.4 is 0 Å². The molecule has 0 unspecified atom stereocenters. The van der Waals surface area contributed by atoms with E-state index in [1.54, 1.807) is 13.0 Å². The highest BCUT2D eigenvalue weighted by Gasteiger charge is 1.89. The van der Waals surface area contributed by atoms with Gasteiger partial charge in [-0.25, -0.2) is 4.79 Å². The zero-order valence-corrected chi connectivity index (χ0v) is 8.72. The van der Waals surface area contributed by atoms with Gasteiger partial charge in [0.2, 0.25) is 0 Å². The molecular formula is C13H14O2. The number of carbonyl (C=O) groups excluding carboxylic acids is 1. The van der Waals surface area contributed by atoms with E-state index in [1.165, 1.54) is 6.08 Å². The van der Waals surface area contributed by atoms with Crippen LogP contribution in [0.2, 0.25) is 0 Å². The second-order valence-corrected chi connectivity index (χ2v) is 2.88. The second kappa shape index (κ2) is 6.60. The molecule has 2 heteroatoms. The van der Waals surface area contributed by atoms with Crippen molar-refractivity contribution in [3.8, 4) is 0 Å². The first-order chi connectivity index (χ1) is 7.33. The van der Waals surface area contributed by atoms with Crippen molar-refractivity contribution in [1.29, 1.82) is 0 Å². The van der Waals surface area contributed by atoms with Gasteiger partial charge in [-0.15, -0.1) is 0 Å². The Morgan fingerprint density at radius 1 is 1.27 bits per heavy atom. The van der Waals surface area contributed by atoms with Crippen LogP contribution in [0.5, 0.6) is 0 Å². The fourth-order valence-corrected chi connectivity index (χ4v) is 1.06. The fourth-order valence-electron chi connectivity index (χ4n) is 1.06. The fraction of sp³-hybridized carbons (Fsp3) is 0.154. The molecule has 0 aliphatic carbocycles. The zero-order chi connectivity index (χ0) is 10.9. The standard InChI is InChI=1S/C13H14O2/c1-2-15-13(14)11-7-6-10-12-8-4-3-5-9-12/h3-11H,2H2,1H3/b10-6?,11-7+. The Morgan fingerprint density at radius 2 is 2.00 bits per heavy atom. The predicted octanol–water partition coefficient (Wildman–Crippen LogP) is 2.82. The molecule has 15 heavy (non-hydrogen) atoms. The minimum atomic E-state index is -0.310. The van der Waals surface area contributed by atoms with Crippen molar-refractivity contribution in [1.82, 2.24) is 0 Å². The summed E-state index contributed by atoms with van der Waals surface area (Å²) < 4.78 is 4.73. The first-order valence-corrected chi connectivity index (χ1v) is 4.89. The third kappa shape index (κ3) is 4.81. The van der Waals surface area contributed by atoms with Gasteiger partial charge >= 0.3 is 5.97 Å². The number of hydrogen-bond donors (Lipinski definition) is 0. The summed E-state index contributed by atoms with van der Waals surface area (Å²) >= 11 is 0. The van der Waals surface area contributed by atoms with Crippen LogP contribution in [0.15, 0.2) is 48.6 Å². The molecule has 0 N–H and O–H groups in total. The number of hydrogen-bond acceptors (Lipinski definition) is 2. The highest BCUT2D eigenvalue weighted by molar-refractivity contribution is 5.82. The summed E-state index contributed by atoms with van der Waals surface area (Å²) in [6, 6.07) is 9.89. The van der Waals surface area contributed by atoms with Gasteiger partial charge in [0, 0.05) is 6.08 Å². The Hall–Kier alpha value is -1.83. The summed E-state index contributed by atoms with van der Waals surface area (Å²) in [6.45, 7) is 2.19. The molecule has 1 rings (SSSR count). The summed E-state index contributed by atoms with van der Waals surface area (Å²) in [5.74, 6) is -0.310. The SMILES string of the molecule is CCOC(=O)/C=C/C=Cc1ccccc1. The average Bonchev–Trinajstić information content (AvgIpc) is 2.26. The summed E-state index contributed by atoms with van der Waals surface area (Å²) in [5, 5.41) is 0. The lowest BCUT2D eigenvalue weighted by atomic mass is 10.2. The Kier molecular flexibility index (Phi) is 4.95. The van der Waals surface area contributed by atoms with Crippen LogP contribution in [0.25, 0.3) is 6.08 Å². The molecule has 1 aromatic carbocycles. The zero-order valence-electron chi connectivity index (χ0n) is 8.72. The molecule has 78 valence electrons. The molecule has 0 aliphatic rings. The summed E-state index contributed by atoms with van der Waals surface area (Å²) in [7, 11) is 0. The lowest BCUT2D eigenvalue weighted by Gasteiger charge is -1.92. The van der Waals surface area contributed by atoms with Gasteiger partial charge in [-0.2, -0.15) is 0 Å². The predicted molar refractivity (Wildman–Crippen MR) is 61.2 cm³/mol. The minimum absolute atomic E-state index is 0.310. The normalized spacial score (nSPS) is 11.0. The Morgan fingerprint density at radius 3 is 2.67 bits per heavy atom. The summed E-state index contributed by atoms with van der Waals surface area (Å²) in [6.07, 6.45) is 6.82. The van der Waals surface area contributed by atoms with E-state index in [9.17, 15) is 4.79 Å². The lowest BCUT2D eigenvalue weighted by Crippen LogP contribution is -1.98. The molecule has 0 atom stereocenters. The lowest BCUT2D eigenvalue weighted by molar-refractivity contribution is -0.137. The van der Waals surface area contributed by atoms with Crippen LogP contribution in [-0.2, 0) is 9.53 Å². The average molecular weight is 202 g/mol. The largest absolute Gasteiger partial charge is 0.463 e. The Bertz CT molecular complexity index is 350. The van der Waals surface area contributed by atoms with E-state index in [0.29, 0.717) is 6.61 Å². The highest BCUT2D eigenvalue weighted by Crippen LogP contribution is 2.00. The molecule has 2 nitrogen and oxygen atoms in total. The van der Waals surface area contributed by atoms with Crippen molar-refractivity contribution < 1.29 is 9.53 Å². The van der Waals surface area contributed by atoms with E-state index in [4.69, 9.17) is 4.74 Å². The molecule has 0 spiro atoms. The smallest absolute Gasteiger partial charge is 0.330 e. The molecule has 0 aromatic heterocycles. The van der Waals surface area contributed by atoms with E-state index >= 15 is 0 Å². The van der Waals surface area contributed by atoms with Gasteiger partial charge in [-0.05, 0) is 12.5 Å². The van der Waals surface area contributed by atoms with Crippen molar-refractivity contribution in [2.24, 2.45) is 0 Å². The Balaban J connectivity index is 2.43. The second-order valence-electron chi connectivity index (χ2n) is 2.88. The highest BCUT2D eigenvalue weighted by atomic mass is 16.5. The van der Waals surface area contributed by atoms with Crippen LogP contribution in [-0.4, -0.2) is 12.6 Å². The van der Waals surface area contributed by atoms with E-state index < -0.39 is 0 Å². The van der Waals surface area contributed by atoms with Gasteiger partial charge in [0.1, 0.15) is 0 Å². The van der Waals surface area contributed by atoms with Crippen molar-refractivity contribution in [2.75, 3.05) is 6.61 Å². The third-order valence-corrected chi connectivity index (χ3v) is 1.72. The van der Waals surface area contributed by atoms with E-state index in [2.05, 4.69) is 0 Å².